The number of hydrogen-bond donors (Lipinski definition) is 1. The lowest BCUT2D eigenvalue weighted by atomic mass is 10.3. The van der Waals surface area contributed by atoms with E-state index in [0.29, 0.717) is 13.1 Å². The maximum atomic E-state index is 12.0. The molecule has 3 heterocycles. The maximum Gasteiger partial charge on any atom is 0.236 e. The Hall–Kier alpha value is -1.88. The van der Waals surface area contributed by atoms with Crippen LogP contribution < -0.4 is 5.32 Å². The van der Waals surface area contributed by atoms with Gasteiger partial charge >= 0.3 is 0 Å². The number of carbonyl (C=O) groups is 1. The number of nitrogens with one attached hydrogen (secondary N) is 1. The molecule has 106 valence electrons. The number of imidazole rings is 1. The minimum atomic E-state index is 0.203. The molecule has 0 saturated carbocycles. The Morgan fingerprint density at radius 1 is 1.35 bits per heavy atom. The van der Waals surface area contributed by atoms with Crippen LogP contribution in [0.4, 0.5) is 0 Å². The van der Waals surface area contributed by atoms with Crippen molar-refractivity contribution >= 4 is 11.6 Å². The Morgan fingerprint density at radius 3 is 2.95 bits per heavy atom. The Labute approximate surface area is 118 Å². The van der Waals surface area contributed by atoms with E-state index in [1.54, 1.807) is 0 Å². The number of carbonyl (C=O) groups excluding carboxylic acids is 1. The molecule has 0 radical (unpaired) electrons. The predicted octanol–water partition coefficient (Wildman–Crippen LogP) is 1.35. The molecule has 1 saturated heterocycles. The molecule has 0 aromatic carbocycles. The zero-order valence-corrected chi connectivity index (χ0v) is 11.8. The molecule has 0 aliphatic carbocycles. The van der Waals surface area contributed by atoms with Gasteiger partial charge in [-0.3, -0.25) is 4.79 Å². The number of aromatic nitrogens is 2. The molecule has 1 aliphatic heterocycles. The molecule has 5 heteroatoms. The fourth-order valence-electron chi connectivity index (χ4n) is 2.74. The summed E-state index contributed by atoms with van der Waals surface area (Å²) in [5.41, 5.74) is 3.08. The van der Waals surface area contributed by atoms with E-state index in [2.05, 4.69) is 14.7 Å². The zero-order valence-electron chi connectivity index (χ0n) is 11.8. The number of nitrogens with zero attached hydrogens (tertiary/aromatic N) is 3. The normalized spacial score (nSPS) is 15.2. The van der Waals surface area contributed by atoms with Crippen molar-refractivity contribution in [1.82, 2.24) is 19.6 Å². The highest BCUT2D eigenvalue weighted by Gasteiger charge is 2.17. The standard InChI is InChI=1S/C15H20N4O/c1-12-13(19-9-3-2-6-14(19)17-12)10-16-11-15(20)18-7-4-5-8-18/h2-3,6,9,16H,4-5,7-8,10-11H2,1H3. The molecule has 2 aromatic heterocycles. The number of pyridine rings is 1. The van der Waals surface area contributed by atoms with Gasteiger partial charge in [-0.1, -0.05) is 6.07 Å². The molecule has 1 amide bonds. The van der Waals surface area contributed by atoms with Crippen molar-refractivity contribution in [1.29, 1.82) is 0 Å². The molecule has 20 heavy (non-hydrogen) atoms. The van der Waals surface area contributed by atoms with E-state index >= 15 is 0 Å². The summed E-state index contributed by atoms with van der Waals surface area (Å²) in [6, 6.07) is 5.97. The molecule has 2 aromatic rings. The van der Waals surface area contributed by atoms with Gasteiger partial charge in [-0.15, -0.1) is 0 Å². The number of hydrogen-bond acceptors (Lipinski definition) is 3. The first-order valence-corrected chi connectivity index (χ1v) is 7.17. The number of likely N-dealkylation sites (tertiary alicyclic amines) is 1. The largest absolute Gasteiger partial charge is 0.342 e. The molecule has 1 fully saturated rings. The Balaban J connectivity index is 1.62. The molecule has 1 N–H and O–H groups in total. The van der Waals surface area contributed by atoms with Gasteiger partial charge in [0.05, 0.1) is 17.9 Å². The van der Waals surface area contributed by atoms with Gasteiger partial charge in [0.2, 0.25) is 5.91 Å². The van der Waals surface area contributed by atoms with Crippen LogP contribution >= 0.6 is 0 Å². The minimum Gasteiger partial charge on any atom is -0.342 e. The fourth-order valence-corrected chi connectivity index (χ4v) is 2.74. The molecule has 0 bridgehead atoms. The van der Waals surface area contributed by atoms with Crippen LogP contribution in [0.15, 0.2) is 24.4 Å². The lowest BCUT2D eigenvalue weighted by Crippen LogP contribution is -2.36. The summed E-state index contributed by atoms with van der Waals surface area (Å²) in [5, 5.41) is 3.25. The molecular weight excluding hydrogens is 252 g/mol. The van der Waals surface area contributed by atoms with E-state index in [0.717, 1.165) is 43.0 Å². The van der Waals surface area contributed by atoms with Crippen molar-refractivity contribution in [3.63, 3.8) is 0 Å². The van der Waals surface area contributed by atoms with Crippen molar-refractivity contribution in [2.75, 3.05) is 19.6 Å². The van der Waals surface area contributed by atoms with Crippen LogP contribution in [0.5, 0.6) is 0 Å². The van der Waals surface area contributed by atoms with Crippen molar-refractivity contribution in [2.24, 2.45) is 0 Å². The van der Waals surface area contributed by atoms with Crippen LogP contribution in [-0.4, -0.2) is 39.8 Å². The van der Waals surface area contributed by atoms with Gasteiger partial charge in [0.1, 0.15) is 5.65 Å². The van der Waals surface area contributed by atoms with E-state index in [4.69, 9.17) is 0 Å². The summed E-state index contributed by atoms with van der Waals surface area (Å²) in [6.07, 6.45) is 4.28. The third-order valence-corrected chi connectivity index (χ3v) is 3.86. The average Bonchev–Trinajstić information content (AvgIpc) is 3.07. The molecule has 0 unspecified atom stereocenters. The summed E-state index contributed by atoms with van der Waals surface area (Å²) >= 11 is 0. The number of amides is 1. The van der Waals surface area contributed by atoms with Crippen LogP contribution in [0.25, 0.3) is 5.65 Å². The zero-order chi connectivity index (χ0) is 13.9. The predicted molar refractivity (Wildman–Crippen MR) is 77.4 cm³/mol. The van der Waals surface area contributed by atoms with Crippen LogP contribution in [0.1, 0.15) is 24.2 Å². The summed E-state index contributed by atoms with van der Waals surface area (Å²) in [4.78, 5) is 18.4. The smallest absolute Gasteiger partial charge is 0.236 e. The second-order valence-electron chi connectivity index (χ2n) is 5.26. The SMILES string of the molecule is Cc1nc2ccccn2c1CNCC(=O)N1CCCC1. The van der Waals surface area contributed by atoms with E-state index in [1.807, 2.05) is 36.2 Å². The van der Waals surface area contributed by atoms with E-state index in [-0.39, 0.29) is 5.91 Å². The van der Waals surface area contributed by atoms with Crippen molar-refractivity contribution in [3.05, 3.63) is 35.8 Å². The van der Waals surface area contributed by atoms with Gasteiger partial charge in [-0.05, 0) is 31.9 Å². The first-order chi connectivity index (χ1) is 9.75. The van der Waals surface area contributed by atoms with E-state index < -0.39 is 0 Å². The van der Waals surface area contributed by atoms with Crippen molar-refractivity contribution < 1.29 is 4.79 Å². The van der Waals surface area contributed by atoms with Gasteiger partial charge in [0, 0.05) is 25.8 Å². The third kappa shape index (κ3) is 2.54. The fraction of sp³-hybridized carbons (Fsp3) is 0.467. The second-order valence-corrected chi connectivity index (χ2v) is 5.26. The number of aryl methyl sites for hydroxylation is 1. The van der Waals surface area contributed by atoms with Crippen LogP contribution in [0.2, 0.25) is 0 Å². The summed E-state index contributed by atoms with van der Waals surface area (Å²) in [5.74, 6) is 0.203. The third-order valence-electron chi connectivity index (χ3n) is 3.86. The Kier molecular flexibility index (Phi) is 3.69. The monoisotopic (exact) mass is 272 g/mol. The summed E-state index contributed by atoms with van der Waals surface area (Å²) in [6.45, 7) is 4.90. The quantitative estimate of drug-likeness (QED) is 0.914. The minimum absolute atomic E-state index is 0.203. The van der Waals surface area contributed by atoms with Gasteiger partial charge < -0.3 is 14.6 Å². The topological polar surface area (TPSA) is 49.6 Å². The molecule has 5 nitrogen and oxygen atoms in total. The maximum absolute atomic E-state index is 12.0. The second kappa shape index (κ2) is 5.63. The Bertz CT molecular complexity index is 613. The van der Waals surface area contributed by atoms with Gasteiger partial charge in [0.15, 0.2) is 0 Å². The molecule has 3 rings (SSSR count). The van der Waals surface area contributed by atoms with Gasteiger partial charge in [0.25, 0.3) is 0 Å². The highest BCUT2D eigenvalue weighted by molar-refractivity contribution is 5.78. The molecule has 0 atom stereocenters. The van der Waals surface area contributed by atoms with Crippen molar-refractivity contribution in [2.45, 2.75) is 26.3 Å². The van der Waals surface area contributed by atoms with Crippen LogP contribution in [-0.2, 0) is 11.3 Å². The average molecular weight is 272 g/mol. The molecule has 0 spiro atoms. The van der Waals surface area contributed by atoms with Crippen LogP contribution in [0.3, 0.4) is 0 Å². The highest BCUT2D eigenvalue weighted by atomic mass is 16.2. The van der Waals surface area contributed by atoms with Gasteiger partial charge in [-0.2, -0.15) is 0 Å². The van der Waals surface area contributed by atoms with Crippen molar-refractivity contribution in [3.8, 4) is 0 Å². The van der Waals surface area contributed by atoms with Crippen LogP contribution in [0, 0.1) is 6.92 Å². The van der Waals surface area contributed by atoms with Gasteiger partial charge in [-0.25, -0.2) is 4.98 Å². The lowest BCUT2D eigenvalue weighted by molar-refractivity contribution is -0.129. The highest BCUT2D eigenvalue weighted by Crippen LogP contribution is 2.11. The molecular formula is C15H20N4O. The summed E-state index contributed by atoms with van der Waals surface area (Å²) in [7, 11) is 0. The number of fused-ring (bicyclic) bond motifs is 1. The Morgan fingerprint density at radius 2 is 2.15 bits per heavy atom. The summed E-state index contributed by atoms with van der Waals surface area (Å²) < 4.78 is 2.07. The van der Waals surface area contributed by atoms with E-state index in [1.165, 1.54) is 0 Å². The van der Waals surface area contributed by atoms with E-state index in [9.17, 15) is 4.79 Å². The lowest BCUT2D eigenvalue weighted by Gasteiger charge is -2.15. The molecule has 1 aliphatic rings. The first kappa shape index (κ1) is 13.1. The number of rotatable bonds is 4. The first-order valence-electron chi connectivity index (χ1n) is 7.17.